The molecule has 1 unspecified atom stereocenters. The second-order valence-corrected chi connectivity index (χ2v) is 4.48. The summed E-state index contributed by atoms with van der Waals surface area (Å²) in [4.78, 5) is 22.8. The van der Waals surface area contributed by atoms with Gasteiger partial charge in [0.25, 0.3) is 0 Å². The molecular formula is C15H22N2O3. The summed E-state index contributed by atoms with van der Waals surface area (Å²) in [6, 6.07) is 9.20. The third-order valence-electron chi connectivity index (χ3n) is 2.82. The average molecular weight is 278 g/mol. The smallest absolute Gasteiger partial charge is 0.305 e. The number of ether oxygens (including phenoxy) is 1. The molecule has 0 aliphatic rings. The van der Waals surface area contributed by atoms with Crippen LogP contribution in [0.1, 0.15) is 37.8 Å². The number of rotatable bonds is 8. The Labute approximate surface area is 119 Å². The molecule has 5 nitrogen and oxygen atoms in total. The van der Waals surface area contributed by atoms with Gasteiger partial charge in [-0.05, 0) is 18.9 Å². The van der Waals surface area contributed by atoms with E-state index >= 15 is 0 Å². The van der Waals surface area contributed by atoms with Gasteiger partial charge in [0.15, 0.2) is 0 Å². The van der Waals surface area contributed by atoms with E-state index in [1.165, 1.54) is 0 Å². The SMILES string of the molecule is CCOC(=O)CCCNC(=O)CC(N)c1ccccc1. The number of benzene rings is 1. The number of hydrogen-bond acceptors (Lipinski definition) is 4. The average Bonchev–Trinajstić information content (AvgIpc) is 2.45. The molecule has 5 heteroatoms. The summed E-state index contributed by atoms with van der Waals surface area (Å²) in [6.07, 6.45) is 1.13. The Morgan fingerprint density at radius 2 is 2.00 bits per heavy atom. The molecule has 0 aliphatic heterocycles. The third-order valence-corrected chi connectivity index (χ3v) is 2.82. The van der Waals surface area contributed by atoms with Crippen LogP contribution in [0.15, 0.2) is 30.3 Å². The van der Waals surface area contributed by atoms with E-state index in [9.17, 15) is 9.59 Å². The van der Waals surface area contributed by atoms with Crippen molar-refractivity contribution in [1.29, 1.82) is 0 Å². The molecule has 1 amide bonds. The fourth-order valence-corrected chi connectivity index (χ4v) is 1.78. The maximum Gasteiger partial charge on any atom is 0.305 e. The Bertz CT molecular complexity index is 420. The first kappa shape index (κ1) is 16.2. The summed E-state index contributed by atoms with van der Waals surface area (Å²) >= 11 is 0. The topological polar surface area (TPSA) is 81.4 Å². The quantitative estimate of drug-likeness (QED) is 0.558. The van der Waals surface area contributed by atoms with Crippen molar-refractivity contribution in [2.45, 2.75) is 32.2 Å². The van der Waals surface area contributed by atoms with E-state index in [-0.39, 0.29) is 24.3 Å². The first-order chi connectivity index (χ1) is 9.63. The van der Waals surface area contributed by atoms with Gasteiger partial charge < -0.3 is 15.8 Å². The van der Waals surface area contributed by atoms with Crippen LogP contribution in [0.4, 0.5) is 0 Å². The van der Waals surface area contributed by atoms with Gasteiger partial charge in [-0.15, -0.1) is 0 Å². The van der Waals surface area contributed by atoms with Crippen LogP contribution in [0.25, 0.3) is 0 Å². The summed E-state index contributed by atoms with van der Waals surface area (Å²) in [5.74, 6) is -0.340. The van der Waals surface area contributed by atoms with E-state index in [0.717, 1.165) is 5.56 Å². The molecule has 1 rings (SSSR count). The lowest BCUT2D eigenvalue weighted by Gasteiger charge is -2.12. The zero-order chi connectivity index (χ0) is 14.8. The molecular weight excluding hydrogens is 256 g/mol. The lowest BCUT2D eigenvalue weighted by Crippen LogP contribution is -2.28. The summed E-state index contributed by atoms with van der Waals surface area (Å²) < 4.78 is 4.80. The van der Waals surface area contributed by atoms with Gasteiger partial charge in [0.1, 0.15) is 0 Å². The molecule has 0 saturated carbocycles. The van der Waals surface area contributed by atoms with Gasteiger partial charge >= 0.3 is 5.97 Å². The Hall–Kier alpha value is -1.88. The lowest BCUT2D eigenvalue weighted by atomic mass is 10.0. The molecule has 0 aliphatic carbocycles. The monoisotopic (exact) mass is 278 g/mol. The molecule has 0 aromatic heterocycles. The van der Waals surface area contributed by atoms with Crippen LogP contribution in [0.5, 0.6) is 0 Å². The summed E-state index contributed by atoms with van der Waals surface area (Å²) in [7, 11) is 0. The largest absolute Gasteiger partial charge is 0.466 e. The molecule has 0 spiro atoms. The number of esters is 1. The number of nitrogens with one attached hydrogen (secondary N) is 1. The van der Waals surface area contributed by atoms with E-state index in [2.05, 4.69) is 5.32 Å². The van der Waals surface area contributed by atoms with Crippen molar-refractivity contribution in [3.8, 4) is 0 Å². The van der Waals surface area contributed by atoms with Crippen LogP contribution in [0.3, 0.4) is 0 Å². The van der Waals surface area contributed by atoms with Gasteiger partial charge in [0.05, 0.1) is 6.61 Å². The van der Waals surface area contributed by atoms with Crippen LogP contribution in [0.2, 0.25) is 0 Å². The molecule has 1 atom stereocenters. The van der Waals surface area contributed by atoms with Crippen LogP contribution < -0.4 is 11.1 Å². The van der Waals surface area contributed by atoms with Gasteiger partial charge in [-0.2, -0.15) is 0 Å². The Kier molecular flexibility index (Phi) is 7.35. The number of carbonyl (C=O) groups is 2. The lowest BCUT2D eigenvalue weighted by molar-refractivity contribution is -0.143. The fraction of sp³-hybridized carbons (Fsp3) is 0.467. The van der Waals surface area contributed by atoms with Crippen molar-refractivity contribution in [3.05, 3.63) is 35.9 Å². The molecule has 3 N–H and O–H groups in total. The molecule has 20 heavy (non-hydrogen) atoms. The van der Waals surface area contributed by atoms with Crippen LogP contribution in [0, 0.1) is 0 Å². The highest BCUT2D eigenvalue weighted by Gasteiger charge is 2.11. The van der Waals surface area contributed by atoms with Crippen LogP contribution in [-0.4, -0.2) is 25.0 Å². The molecule has 0 fully saturated rings. The van der Waals surface area contributed by atoms with Crippen molar-refractivity contribution >= 4 is 11.9 Å². The van der Waals surface area contributed by atoms with E-state index in [1.54, 1.807) is 6.92 Å². The first-order valence-electron chi connectivity index (χ1n) is 6.86. The van der Waals surface area contributed by atoms with E-state index in [4.69, 9.17) is 10.5 Å². The number of nitrogens with two attached hydrogens (primary N) is 1. The third kappa shape index (κ3) is 6.33. The molecule has 1 aromatic rings. The molecule has 110 valence electrons. The molecule has 0 saturated heterocycles. The Balaban J connectivity index is 2.19. The maximum absolute atomic E-state index is 11.7. The Morgan fingerprint density at radius 1 is 1.30 bits per heavy atom. The second-order valence-electron chi connectivity index (χ2n) is 4.48. The minimum Gasteiger partial charge on any atom is -0.466 e. The second kappa shape index (κ2) is 9.09. The highest BCUT2D eigenvalue weighted by Crippen LogP contribution is 2.12. The van der Waals surface area contributed by atoms with E-state index in [1.807, 2.05) is 30.3 Å². The molecule has 0 bridgehead atoms. The van der Waals surface area contributed by atoms with Crippen molar-refractivity contribution in [2.75, 3.05) is 13.2 Å². The predicted molar refractivity (Wildman–Crippen MR) is 76.9 cm³/mol. The van der Waals surface area contributed by atoms with E-state index < -0.39 is 0 Å². The van der Waals surface area contributed by atoms with Crippen LogP contribution >= 0.6 is 0 Å². The molecule has 0 heterocycles. The standard InChI is InChI=1S/C15H22N2O3/c1-2-20-15(19)9-6-10-17-14(18)11-13(16)12-7-4-3-5-8-12/h3-5,7-8,13H,2,6,9-11,16H2,1H3,(H,17,18). The van der Waals surface area contributed by atoms with Gasteiger partial charge in [0.2, 0.25) is 5.91 Å². The number of hydrogen-bond donors (Lipinski definition) is 2. The summed E-state index contributed by atoms with van der Waals surface area (Å²) in [5.41, 5.74) is 6.89. The first-order valence-corrected chi connectivity index (χ1v) is 6.86. The highest BCUT2D eigenvalue weighted by atomic mass is 16.5. The van der Waals surface area contributed by atoms with Gasteiger partial charge in [-0.3, -0.25) is 9.59 Å². The van der Waals surface area contributed by atoms with Crippen LogP contribution in [-0.2, 0) is 14.3 Å². The van der Waals surface area contributed by atoms with Gasteiger partial charge in [-0.1, -0.05) is 30.3 Å². The highest BCUT2D eigenvalue weighted by molar-refractivity contribution is 5.76. The van der Waals surface area contributed by atoms with Crippen molar-refractivity contribution in [3.63, 3.8) is 0 Å². The predicted octanol–water partition coefficient (Wildman–Crippen LogP) is 1.54. The van der Waals surface area contributed by atoms with Crippen molar-refractivity contribution < 1.29 is 14.3 Å². The zero-order valence-electron chi connectivity index (χ0n) is 11.8. The van der Waals surface area contributed by atoms with Gasteiger partial charge in [-0.25, -0.2) is 0 Å². The maximum atomic E-state index is 11.7. The molecule has 0 radical (unpaired) electrons. The fourth-order valence-electron chi connectivity index (χ4n) is 1.78. The van der Waals surface area contributed by atoms with Crippen molar-refractivity contribution in [2.24, 2.45) is 5.73 Å². The summed E-state index contributed by atoms with van der Waals surface area (Å²) in [5, 5.41) is 2.75. The zero-order valence-corrected chi connectivity index (χ0v) is 11.8. The van der Waals surface area contributed by atoms with E-state index in [0.29, 0.717) is 26.0 Å². The van der Waals surface area contributed by atoms with Gasteiger partial charge in [0, 0.05) is 25.4 Å². The molecule has 1 aromatic carbocycles. The normalized spacial score (nSPS) is 11.7. The minimum absolute atomic E-state index is 0.106. The minimum atomic E-state index is -0.304. The Morgan fingerprint density at radius 3 is 2.65 bits per heavy atom. The summed E-state index contributed by atoms with van der Waals surface area (Å²) in [6.45, 7) is 2.61. The number of amides is 1. The number of carbonyl (C=O) groups excluding carboxylic acids is 2. The van der Waals surface area contributed by atoms with Crippen molar-refractivity contribution in [1.82, 2.24) is 5.32 Å².